The van der Waals surface area contributed by atoms with Crippen molar-refractivity contribution in [2.75, 3.05) is 19.3 Å². The molecule has 0 saturated heterocycles. The molecular weight excluding hydrogens is 380 g/mol. The van der Waals surface area contributed by atoms with Crippen molar-refractivity contribution in [1.29, 1.82) is 0 Å². The summed E-state index contributed by atoms with van der Waals surface area (Å²) < 4.78 is 2.27. The molecule has 2 heterocycles. The molecular formula is C23H32N4OS. The van der Waals surface area contributed by atoms with Gasteiger partial charge in [-0.2, -0.15) is 12.6 Å². The van der Waals surface area contributed by atoms with Crippen LogP contribution in [-0.2, 0) is 11.3 Å². The normalized spacial score (nSPS) is 21.0. The molecule has 0 radical (unpaired) electrons. The van der Waals surface area contributed by atoms with E-state index < -0.39 is 0 Å². The second-order valence-corrected chi connectivity index (χ2v) is 8.72. The molecule has 0 bridgehead atoms. The maximum atomic E-state index is 13.3. The quantitative estimate of drug-likeness (QED) is 0.707. The number of thiol groups is 1. The Morgan fingerprint density at radius 3 is 2.66 bits per heavy atom. The largest absolute Gasteiger partial charge is 0.331 e. The first-order valence-corrected chi connectivity index (χ1v) is 11.6. The highest BCUT2D eigenvalue weighted by molar-refractivity contribution is 7.80. The predicted molar refractivity (Wildman–Crippen MR) is 120 cm³/mol. The minimum atomic E-state index is -0.248. The van der Waals surface area contributed by atoms with Crippen LogP contribution in [0.4, 0.5) is 0 Å². The van der Waals surface area contributed by atoms with Crippen LogP contribution in [-0.4, -0.2) is 45.7 Å². The van der Waals surface area contributed by atoms with Crippen LogP contribution in [0.3, 0.4) is 0 Å². The van der Waals surface area contributed by atoms with Crippen LogP contribution in [0.5, 0.6) is 0 Å². The number of carbonyl (C=O) groups excluding carboxylic acids is 1. The molecule has 1 N–H and O–H groups in total. The summed E-state index contributed by atoms with van der Waals surface area (Å²) in [6.07, 6.45) is 9.68. The molecule has 156 valence electrons. The Bertz CT molecular complexity index is 812. The molecule has 0 spiro atoms. The fraction of sp³-hybridized carbons (Fsp3) is 0.565. The van der Waals surface area contributed by atoms with Crippen molar-refractivity contribution in [3.63, 3.8) is 0 Å². The van der Waals surface area contributed by atoms with Gasteiger partial charge in [0.15, 0.2) is 0 Å². The van der Waals surface area contributed by atoms with E-state index in [-0.39, 0.29) is 18.0 Å². The molecule has 2 atom stereocenters. The lowest BCUT2D eigenvalue weighted by molar-refractivity contribution is -0.137. The Kier molecular flexibility index (Phi) is 6.60. The van der Waals surface area contributed by atoms with Gasteiger partial charge in [-0.3, -0.25) is 4.79 Å². The second kappa shape index (κ2) is 9.35. The van der Waals surface area contributed by atoms with Crippen LogP contribution in [0.25, 0.3) is 11.3 Å². The van der Waals surface area contributed by atoms with Gasteiger partial charge in [-0.25, -0.2) is 4.98 Å². The zero-order chi connectivity index (χ0) is 20.2. The average Bonchev–Trinajstić information content (AvgIpc) is 3.21. The van der Waals surface area contributed by atoms with E-state index in [1.54, 1.807) is 0 Å². The zero-order valence-corrected chi connectivity index (χ0v) is 18.2. The number of amides is 1. The third-order valence-corrected chi connectivity index (χ3v) is 6.89. The van der Waals surface area contributed by atoms with E-state index in [1.807, 2.05) is 25.2 Å². The number of carbonyl (C=O) groups is 1. The number of benzene rings is 1. The highest BCUT2D eigenvalue weighted by atomic mass is 32.1. The Morgan fingerprint density at radius 2 is 1.97 bits per heavy atom. The van der Waals surface area contributed by atoms with Crippen LogP contribution in [0.2, 0.25) is 0 Å². The Morgan fingerprint density at radius 1 is 1.21 bits per heavy atom. The predicted octanol–water partition coefficient (Wildman–Crippen LogP) is 3.92. The molecule has 2 aliphatic rings. The number of likely N-dealkylation sites (N-methyl/N-ethyl adjacent to an activating group) is 1. The van der Waals surface area contributed by atoms with E-state index in [9.17, 15) is 4.79 Å². The van der Waals surface area contributed by atoms with Gasteiger partial charge in [0.25, 0.3) is 0 Å². The van der Waals surface area contributed by atoms with Gasteiger partial charge in [0, 0.05) is 30.6 Å². The first kappa shape index (κ1) is 20.5. The SMILES string of the molecule is CN[C@H](CS)C(=O)N1CCn2cc(-c3ccccc3)nc2[C@@H]1CC1CCCCC1. The Balaban J connectivity index is 1.66. The van der Waals surface area contributed by atoms with Crippen LogP contribution in [0.1, 0.15) is 50.4 Å². The first-order valence-electron chi connectivity index (χ1n) is 10.9. The average molecular weight is 413 g/mol. The molecule has 5 nitrogen and oxygen atoms in total. The monoisotopic (exact) mass is 412 g/mol. The maximum Gasteiger partial charge on any atom is 0.241 e. The summed E-state index contributed by atoms with van der Waals surface area (Å²) in [6.45, 7) is 1.53. The third kappa shape index (κ3) is 4.38. The van der Waals surface area contributed by atoms with Gasteiger partial charge < -0.3 is 14.8 Å². The molecule has 1 aliphatic carbocycles. The summed E-state index contributed by atoms with van der Waals surface area (Å²) >= 11 is 4.39. The Hall–Kier alpha value is -1.79. The van der Waals surface area contributed by atoms with E-state index in [0.29, 0.717) is 11.7 Å². The lowest BCUT2D eigenvalue weighted by Crippen LogP contribution is -2.51. The van der Waals surface area contributed by atoms with Crippen molar-refractivity contribution < 1.29 is 4.79 Å². The lowest BCUT2D eigenvalue weighted by atomic mass is 9.84. The van der Waals surface area contributed by atoms with Crippen LogP contribution in [0, 0.1) is 5.92 Å². The van der Waals surface area contributed by atoms with E-state index in [0.717, 1.165) is 36.6 Å². The van der Waals surface area contributed by atoms with Crippen molar-refractivity contribution in [1.82, 2.24) is 19.8 Å². The number of nitrogens with zero attached hydrogens (tertiary/aromatic N) is 3. The molecule has 6 heteroatoms. The third-order valence-electron chi connectivity index (χ3n) is 6.53. The summed E-state index contributed by atoms with van der Waals surface area (Å²) in [4.78, 5) is 20.4. The standard InChI is InChI=1S/C23H32N4OS/c1-24-20(16-29)23(28)27-13-12-26-15-19(18-10-6-3-7-11-18)25-22(26)21(27)14-17-8-4-2-5-9-17/h3,6-7,10-11,15,17,20-21,24,29H,2,4-5,8-9,12-14,16H2,1H3/t20-,21+/m1/s1. The Labute approximate surface area is 179 Å². The molecule has 1 aromatic heterocycles. The fourth-order valence-corrected chi connectivity index (χ4v) is 5.20. The molecule has 2 aromatic rings. The van der Waals surface area contributed by atoms with Gasteiger partial charge >= 0.3 is 0 Å². The van der Waals surface area contributed by atoms with Gasteiger partial charge in [-0.05, 0) is 19.4 Å². The smallest absolute Gasteiger partial charge is 0.241 e. The molecule has 1 aliphatic heterocycles. The number of imidazole rings is 1. The van der Waals surface area contributed by atoms with Crippen molar-refractivity contribution in [3.05, 3.63) is 42.4 Å². The first-order chi connectivity index (χ1) is 14.2. The summed E-state index contributed by atoms with van der Waals surface area (Å²) in [7, 11) is 1.84. The fourth-order valence-electron chi connectivity index (χ4n) is 4.86. The highest BCUT2D eigenvalue weighted by Gasteiger charge is 2.36. The number of aromatic nitrogens is 2. The van der Waals surface area contributed by atoms with Crippen LogP contribution in [0.15, 0.2) is 36.5 Å². The summed E-state index contributed by atoms with van der Waals surface area (Å²) in [5, 5.41) is 3.13. The van der Waals surface area contributed by atoms with Crippen molar-refractivity contribution in [3.8, 4) is 11.3 Å². The maximum absolute atomic E-state index is 13.3. The summed E-state index contributed by atoms with van der Waals surface area (Å²) in [5.41, 5.74) is 2.13. The summed E-state index contributed by atoms with van der Waals surface area (Å²) in [6, 6.07) is 10.1. The lowest BCUT2D eigenvalue weighted by Gasteiger charge is -2.39. The molecule has 1 amide bonds. The molecule has 1 fully saturated rings. The van der Waals surface area contributed by atoms with Crippen LogP contribution >= 0.6 is 12.6 Å². The number of hydrogen-bond acceptors (Lipinski definition) is 4. The van der Waals surface area contributed by atoms with Gasteiger partial charge in [0.2, 0.25) is 5.91 Å². The molecule has 4 rings (SSSR count). The number of fused-ring (bicyclic) bond motifs is 1. The van der Waals surface area contributed by atoms with Crippen molar-refractivity contribution >= 4 is 18.5 Å². The van der Waals surface area contributed by atoms with E-state index >= 15 is 0 Å². The number of hydrogen-bond donors (Lipinski definition) is 2. The molecule has 1 aromatic carbocycles. The topological polar surface area (TPSA) is 50.2 Å². The van der Waals surface area contributed by atoms with Gasteiger partial charge in [0.05, 0.1) is 17.8 Å². The summed E-state index contributed by atoms with van der Waals surface area (Å²) in [5.74, 6) is 2.38. The molecule has 29 heavy (non-hydrogen) atoms. The molecule has 0 unspecified atom stereocenters. The highest BCUT2D eigenvalue weighted by Crippen LogP contribution is 2.37. The van der Waals surface area contributed by atoms with Crippen LogP contribution < -0.4 is 5.32 Å². The minimum absolute atomic E-state index is 0.0487. The van der Waals surface area contributed by atoms with Crippen molar-refractivity contribution in [2.24, 2.45) is 5.92 Å². The number of rotatable bonds is 6. The van der Waals surface area contributed by atoms with E-state index in [4.69, 9.17) is 4.98 Å². The van der Waals surface area contributed by atoms with Gasteiger partial charge in [-0.15, -0.1) is 0 Å². The van der Waals surface area contributed by atoms with Gasteiger partial charge in [0.1, 0.15) is 5.82 Å². The van der Waals surface area contributed by atoms with E-state index in [2.05, 4.69) is 45.7 Å². The zero-order valence-electron chi connectivity index (χ0n) is 17.3. The minimum Gasteiger partial charge on any atom is -0.331 e. The van der Waals surface area contributed by atoms with Crippen molar-refractivity contribution in [2.45, 2.75) is 57.2 Å². The van der Waals surface area contributed by atoms with Gasteiger partial charge in [-0.1, -0.05) is 62.4 Å². The molecule has 1 saturated carbocycles. The number of nitrogens with one attached hydrogen (secondary N) is 1. The van der Waals surface area contributed by atoms with E-state index in [1.165, 1.54) is 32.1 Å². The second-order valence-electron chi connectivity index (χ2n) is 8.35.